The molecule has 1 atom stereocenters. The summed E-state index contributed by atoms with van der Waals surface area (Å²) in [5, 5.41) is 0.707. The highest BCUT2D eigenvalue weighted by molar-refractivity contribution is 6.30. The van der Waals surface area contributed by atoms with E-state index >= 15 is 0 Å². The molecule has 1 saturated heterocycles. The summed E-state index contributed by atoms with van der Waals surface area (Å²) in [5.41, 5.74) is 0.476. The highest BCUT2D eigenvalue weighted by atomic mass is 79.9. The first kappa shape index (κ1) is 21.7. The van der Waals surface area contributed by atoms with E-state index in [4.69, 9.17) is 16.3 Å². The monoisotopic (exact) mass is 443 g/mol. The third kappa shape index (κ3) is 4.63. The fourth-order valence-corrected chi connectivity index (χ4v) is 4.58. The van der Waals surface area contributed by atoms with Gasteiger partial charge in [0.2, 0.25) is 0 Å². The van der Waals surface area contributed by atoms with E-state index in [1.807, 2.05) is 24.3 Å². The first-order chi connectivity index (χ1) is 11.8. The van der Waals surface area contributed by atoms with Gasteiger partial charge in [-0.25, -0.2) is 0 Å². The lowest BCUT2D eigenvalue weighted by Crippen LogP contribution is -3.00. The number of hydrogen-bond donors (Lipinski definition) is 0. The van der Waals surface area contributed by atoms with Gasteiger partial charge in [0, 0.05) is 17.9 Å². The zero-order valence-electron chi connectivity index (χ0n) is 16.1. The van der Waals surface area contributed by atoms with Gasteiger partial charge in [0.1, 0.15) is 6.10 Å². The molecule has 146 valence electrons. The van der Waals surface area contributed by atoms with Gasteiger partial charge in [-0.05, 0) is 43.4 Å². The number of ether oxygens (including phenoxy) is 1. The molecule has 1 unspecified atom stereocenters. The summed E-state index contributed by atoms with van der Waals surface area (Å²) in [5.74, 6) is 0.316. The maximum absolute atomic E-state index is 13.3. The number of piperidine rings is 1. The maximum atomic E-state index is 13.3. The zero-order valence-corrected chi connectivity index (χ0v) is 18.5. The molecule has 0 radical (unpaired) electrons. The molecule has 1 saturated carbocycles. The number of benzene rings is 1. The van der Waals surface area contributed by atoms with E-state index in [9.17, 15) is 4.79 Å². The first-order valence-corrected chi connectivity index (χ1v) is 9.98. The van der Waals surface area contributed by atoms with Crippen molar-refractivity contribution in [1.82, 2.24) is 0 Å². The third-order valence-corrected chi connectivity index (χ3v) is 6.68. The van der Waals surface area contributed by atoms with Crippen LogP contribution in [-0.4, -0.2) is 43.7 Å². The van der Waals surface area contributed by atoms with Crippen LogP contribution in [0.5, 0.6) is 0 Å². The predicted octanol–water partition coefficient (Wildman–Crippen LogP) is 1.57. The van der Waals surface area contributed by atoms with Crippen LogP contribution in [0, 0.1) is 5.92 Å². The summed E-state index contributed by atoms with van der Waals surface area (Å²) in [6.07, 6.45) is 6.59. The molecule has 1 aromatic rings. The van der Waals surface area contributed by atoms with E-state index in [-0.39, 0.29) is 29.1 Å². The summed E-state index contributed by atoms with van der Waals surface area (Å²) in [6.45, 7) is 4.22. The van der Waals surface area contributed by atoms with Gasteiger partial charge in [-0.2, -0.15) is 0 Å². The fraction of sp³-hybridized carbons (Fsp3) is 0.667. The van der Waals surface area contributed by atoms with Crippen molar-refractivity contribution < 1.29 is 31.0 Å². The van der Waals surface area contributed by atoms with Crippen molar-refractivity contribution >= 4 is 17.6 Å². The molecule has 3 nitrogen and oxygen atoms in total. The standard InChI is InChI=1S/C21H31ClNO2.BrH/c1-21(16-6-4-5-7-16,17-8-10-18(22)11-9-17)20(24)25-19-12-14-23(2,3)15-13-19;/h8-11,16,19H,4-7,12-15H2,1-3H3;1H/q+1;/p-1. The van der Waals surface area contributed by atoms with Crippen LogP contribution in [0.1, 0.15) is 51.0 Å². The van der Waals surface area contributed by atoms with Crippen LogP contribution in [0.3, 0.4) is 0 Å². The molecule has 5 heteroatoms. The van der Waals surface area contributed by atoms with Crippen LogP contribution < -0.4 is 17.0 Å². The zero-order chi connectivity index (χ0) is 18.1. The minimum Gasteiger partial charge on any atom is -1.00 e. The molecule has 2 fully saturated rings. The summed E-state index contributed by atoms with van der Waals surface area (Å²) in [7, 11) is 4.49. The average Bonchev–Trinajstić information content (AvgIpc) is 3.11. The number of hydrogen-bond acceptors (Lipinski definition) is 2. The van der Waals surface area contributed by atoms with Crippen molar-refractivity contribution in [2.24, 2.45) is 5.92 Å². The normalized spacial score (nSPS) is 23.1. The second-order valence-corrected chi connectivity index (χ2v) is 9.11. The quantitative estimate of drug-likeness (QED) is 0.520. The molecule has 2 aliphatic rings. The Morgan fingerprint density at radius 3 is 2.15 bits per heavy atom. The Balaban J connectivity index is 0.00000243. The van der Waals surface area contributed by atoms with Crippen LogP contribution >= 0.6 is 11.6 Å². The number of halogens is 2. The molecule has 1 aromatic carbocycles. The van der Waals surface area contributed by atoms with Gasteiger partial charge in [0.05, 0.1) is 32.6 Å². The third-order valence-electron chi connectivity index (χ3n) is 6.43. The smallest absolute Gasteiger partial charge is 0.316 e. The van der Waals surface area contributed by atoms with E-state index < -0.39 is 5.41 Å². The van der Waals surface area contributed by atoms with Gasteiger partial charge in [0.25, 0.3) is 0 Å². The second kappa shape index (κ2) is 8.62. The predicted molar refractivity (Wildman–Crippen MR) is 102 cm³/mol. The SMILES string of the molecule is CC(C(=O)OC1CC[N+](C)(C)CC1)(c1ccc(Cl)cc1)C1CCCC1.[Br-]. The van der Waals surface area contributed by atoms with Gasteiger partial charge in [-0.15, -0.1) is 0 Å². The number of carbonyl (C=O) groups excluding carboxylic acids is 1. The molecular formula is C21H31BrClNO2. The minimum atomic E-state index is -0.567. The molecule has 0 amide bonds. The van der Waals surface area contributed by atoms with Crippen molar-refractivity contribution in [3.05, 3.63) is 34.9 Å². The molecule has 1 heterocycles. The largest absolute Gasteiger partial charge is 1.00 e. The number of quaternary nitrogens is 1. The Bertz CT molecular complexity index is 603. The summed E-state index contributed by atoms with van der Waals surface area (Å²) in [6, 6.07) is 7.78. The van der Waals surface area contributed by atoms with Crippen LogP contribution in [0.2, 0.25) is 5.02 Å². The second-order valence-electron chi connectivity index (χ2n) is 8.68. The van der Waals surface area contributed by atoms with Crippen molar-refractivity contribution in [3.8, 4) is 0 Å². The number of rotatable bonds is 4. The average molecular weight is 445 g/mol. The molecule has 0 spiro atoms. The Kier molecular flexibility index (Phi) is 7.20. The summed E-state index contributed by atoms with van der Waals surface area (Å²) in [4.78, 5) is 13.3. The van der Waals surface area contributed by atoms with Crippen molar-refractivity contribution in [3.63, 3.8) is 0 Å². The molecule has 3 rings (SSSR count). The Hall–Kier alpha value is -0.580. The molecule has 0 bridgehead atoms. The van der Waals surface area contributed by atoms with Crippen LogP contribution in [0.15, 0.2) is 24.3 Å². The van der Waals surface area contributed by atoms with Crippen molar-refractivity contribution in [2.75, 3.05) is 27.2 Å². The van der Waals surface area contributed by atoms with Crippen molar-refractivity contribution in [1.29, 1.82) is 0 Å². The fourth-order valence-electron chi connectivity index (χ4n) is 4.45. The Labute approximate surface area is 173 Å². The molecule has 1 aliphatic carbocycles. The van der Waals surface area contributed by atoms with E-state index in [1.165, 1.54) is 12.8 Å². The van der Waals surface area contributed by atoms with Gasteiger partial charge < -0.3 is 26.2 Å². The maximum Gasteiger partial charge on any atom is 0.316 e. The highest BCUT2D eigenvalue weighted by Gasteiger charge is 2.46. The van der Waals surface area contributed by atoms with Crippen LogP contribution in [0.25, 0.3) is 0 Å². The van der Waals surface area contributed by atoms with E-state index in [1.54, 1.807) is 0 Å². The van der Waals surface area contributed by atoms with E-state index in [2.05, 4.69) is 21.0 Å². The Morgan fingerprint density at radius 1 is 1.08 bits per heavy atom. The summed E-state index contributed by atoms with van der Waals surface area (Å²) >= 11 is 6.07. The lowest BCUT2D eigenvalue weighted by molar-refractivity contribution is -0.896. The minimum absolute atomic E-state index is 0. The number of nitrogens with zero attached hydrogens (tertiary/aromatic N) is 1. The highest BCUT2D eigenvalue weighted by Crippen LogP contribution is 2.43. The van der Waals surface area contributed by atoms with Gasteiger partial charge in [-0.3, -0.25) is 4.79 Å². The van der Waals surface area contributed by atoms with Crippen LogP contribution in [0.4, 0.5) is 0 Å². The number of carbonyl (C=O) groups is 1. The molecule has 0 N–H and O–H groups in total. The Morgan fingerprint density at radius 2 is 1.62 bits per heavy atom. The van der Waals surface area contributed by atoms with E-state index in [0.717, 1.165) is 48.8 Å². The lowest BCUT2D eigenvalue weighted by Gasteiger charge is -2.39. The van der Waals surface area contributed by atoms with Crippen molar-refractivity contribution in [2.45, 2.75) is 57.0 Å². The van der Waals surface area contributed by atoms with Gasteiger partial charge in [0.15, 0.2) is 0 Å². The molecule has 0 aromatic heterocycles. The first-order valence-electron chi connectivity index (χ1n) is 9.60. The topological polar surface area (TPSA) is 26.3 Å². The van der Waals surface area contributed by atoms with E-state index in [0.29, 0.717) is 10.9 Å². The molecule has 26 heavy (non-hydrogen) atoms. The summed E-state index contributed by atoms with van der Waals surface area (Å²) < 4.78 is 7.08. The lowest BCUT2D eigenvalue weighted by atomic mass is 9.71. The van der Waals surface area contributed by atoms with Gasteiger partial charge in [-0.1, -0.05) is 36.6 Å². The molecular weight excluding hydrogens is 414 g/mol. The number of likely N-dealkylation sites (tertiary alicyclic amines) is 1. The van der Waals surface area contributed by atoms with Crippen LogP contribution in [-0.2, 0) is 14.9 Å². The van der Waals surface area contributed by atoms with Gasteiger partial charge >= 0.3 is 5.97 Å². The molecule has 1 aliphatic heterocycles. The number of esters is 1.